The third-order valence-electron chi connectivity index (χ3n) is 7.13. The van der Waals surface area contributed by atoms with Gasteiger partial charge in [-0.1, -0.05) is 0 Å². The number of benzene rings is 2. The number of fused-ring (bicyclic) bond motifs is 2. The zero-order valence-corrected chi connectivity index (χ0v) is 20.8. The Kier molecular flexibility index (Phi) is 7.51. The quantitative estimate of drug-likeness (QED) is 0.152. The molecule has 0 bridgehead atoms. The molecule has 0 radical (unpaired) electrons. The number of methoxy groups -OCH3 is 1. The standard InChI is InChI=1S/C25H28O15/c1-36-12-2-7-11(3-8(12)26)39-13-4-9(27)15(20(32)16(13)17(7)29)24-22(34)21(33)19(31)14(40-24)6-38-25-23(35)18(30)10(28)5-37-25/h2-4,10,14,18-19,21-28,30-35H,5-6H2,1H3/t10-,14+,18-,19+,21-,22+,23+,24-,25-/m0/s1. The first-order valence-electron chi connectivity index (χ1n) is 12.1. The highest BCUT2D eigenvalue weighted by atomic mass is 16.7. The average Bonchev–Trinajstić information content (AvgIpc) is 2.91. The van der Waals surface area contributed by atoms with E-state index in [9.17, 15) is 50.8 Å². The summed E-state index contributed by atoms with van der Waals surface area (Å²) < 4.78 is 26.8. The summed E-state index contributed by atoms with van der Waals surface area (Å²) in [6, 6.07) is 3.30. The molecule has 2 fully saturated rings. The maximum atomic E-state index is 13.3. The first-order chi connectivity index (χ1) is 18.9. The molecule has 5 rings (SSSR count). The summed E-state index contributed by atoms with van der Waals surface area (Å²) in [5, 5.41) is 92.6. The molecule has 0 unspecified atom stereocenters. The number of aliphatic hydroxyl groups excluding tert-OH is 6. The summed E-state index contributed by atoms with van der Waals surface area (Å²) >= 11 is 0. The predicted octanol–water partition coefficient (Wildman–Crippen LogP) is -1.95. The molecular weight excluding hydrogens is 540 g/mol. The van der Waals surface area contributed by atoms with Crippen molar-refractivity contribution in [3.05, 3.63) is 34.0 Å². The van der Waals surface area contributed by atoms with Gasteiger partial charge in [0.2, 0.25) is 5.43 Å². The van der Waals surface area contributed by atoms with Gasteiger partial charge in [0.1, 0.15) is 76.9 Å². The number of phenolic OH excluding ortho intramolecular Hbond substituents is 3. The van der Waals surface area contributed by atoms with Crippen LogP contribution in [0.3, 0.4) is 0 Å². The predicted molar refractivity (Wildman–Crippen MR) is 131 cm³/mol. The minimum atomic E-state index is -1.90. The van der Waals surface area contributed by atoms with Gasteiger partial charge in [-0.2, -0.15) is 0 Å². The molecule has 40 heavy (non-hydrogen) atoms. The van der Waals surface area contributed by atoms with Gasteiger partial charge in [0.25, 0.3) is 0 Å². The molecule has 218 valence electrons. The first kappa shape index (κ1) is 28.3. The molecule has 9 atom stereocenters. The van der Waals surface area contributed by atoms with Crippen LogP contribution in [0.1, 0.15) is 11.7 Å². The van der Waals surface area contributed by atoms with Crippen molar-refractivity contribution in [3.8, 4) is 23.0 Å². The van der Waals surface area contributed by atoms with Crippen LogP contribution in [-0.2, 0) is 14.2 Å². The summed E-state index contributed by atoms with van der Waals surface area (Å²) in [4.78, 5) is 13.3. The molecule has 2 aromatic carbocycles. The van der Waals surface area contributed by atoms with Crippen LogP contribution in [0.4, 0.5) is 0 Å². The van der Waals surface area contributed by atoms with Gasteiger partial charge in [-0.25, -0.2) is 0 Å². The number of aliphatic hydroxyl groups is 6. The maximum absolute atomic E-state index is 13.3. The van der Waals surface area contributed by atoms with E-state index in [-0.39, 0.29) is 34.7 Å². The van der Waals surface area contributed by atoms with Crippen molar-refractivity contribution in [2.45, 2.75) is 55.1 Å². The van der Waals surface area contributed by atoms with Gasteiger partial charge in [-0.3, -0.25) is 4.79 Å². The van der Waals surface area contributed by atoms with Crippen molar-refractivity contribution in [2.75, 3.05) is 20.3 Å². The fourth-order valence-electron chi connectivity index (χ4n) is 4.90. The van der Waals surface area contributed by atoms with Crippen LogP contribution in [0.2, 0.25) is 0 Å². The van der Waals surface area contributed by atoms with Crippen molar-refractivity contribution in [1.82, 2.24) is 0 Å². The van der Waals surface area contributed by atoms with E-state index in [2.05, 4.69) is 0 Å². The lowest BCUT2D eigenvalue weighted by Gasteiger charge is -2.42. The molecule has 3 aromatic rings. The van der Waals surface area contributed by atoms with Crippen molar-refractivity contribution in [3.63, 3.8) is 0 Å². The Hall–Kier alpha value is -3.25. The van der Waals surface area contributed by atoms with Gasteiger partial charge in [0.05, 0.1) is 31.3 Å². The topological polar surface area (TPSA) is 249 Å². The molecule has 0 amide bonds. The third kappa shape index (κ3) is 4.60. The highest BCUT2D eigenvalue weighted by molar-refractivity contribution is 5.96. The Morgan fingerprint density at radius 3 is 2.27 bits per heavy atom. The Morgan fingerprint density at radius 1 is 0.875 bits per heavy atom. The average molecular weight is 568 g/mol. The van der Waals surface area contributed by atoms with Crippen molar-refractivity contribution in [1.29, 1.82) is 0 Å². The van der Waals surface area contributed by atoms with Gasteiger partial charge in [-0.05, 0) is 6.07 Å². The van der Waals surface area contributed by atoms with Crippen LogP contribution in [0, 0.1) is 0 Å². The Labute approximate surface area is 224 Å². The monoisotopic (exact) mass is 568 g/mol. The van der Waals surface area contributed by atoms with Crippen LogP contribution in [0.15, 0.2) is 27.4 Å². The van der Waals surface area contributed by atoms with Crippen molar-refractivity contribution in [2.24, 2.45) is 0 Å². The van der Waals surface area contributed by atoms with Crippen LogP contribution in [0.25, 0.3) is 21.9 Å². The largest absolute Gasteiger partial charge is 0.507 e. The van der Waals surface area contributed by atoms with E-state index in [0.29, 0.717) is 0 Å². The van der Waals surface area contributed by atoms with Gasteiger partial charge in [0.15, 0.2) is 17.8 Å². The SMILES string of the molecule is COc1cc2c(=O)c3c(O)c([C@@H]4O[C@H](CO[C@@H]5OC[C@H](O)[C@H](O)[C@H]5O)[C@@H](O)[C@H](O)[C@H]4O)c(O)cc3oc2cc1O. The molecular formula is C25H28O15. The summed E-state index contributed by atoms with van der Waals surface area (Å²) in [6.45, 7) is -0.931. The zero-order chi connectivity index (χ0) is 29.0. The molecule has 15 heteroatoms. The van der Waals surface area contributed by atoms with Crippen LogP contribution in [-0.4, -0.2) is 115 Å². The molecule has 0 saturated carbocycles. The number of hydrogen-bond acceptors (Lipinski definition) is 15. The fraction of sp³-hybridized carbons (Fsp3) is 0.480. The summed E-state index contributed by atoms with van der Waals surface area (Å²) in [6.07, 6.45) is -14.7. The van der Waals surface area contributed by atoms with Crippen molar-refractivity contribution >= 4 is 21.9 Å². The summed E-state index contributed by atoms with van der Waals surface area (Å²) in [5.41, 5.74) is -1.61. The van der Waals surface area contributed by atoms with E-state index >= 15 is 0 Å². The molecule has 15 nitrogen and oxygen atoms in total. The maximum Gasteiger partial charge on any atom is 0.204 e. The Balaban J connectivity index is 1.50. The van der Waals surface area contributed by atoms with E-state index in [0.717, 1.165) is 12.1 Å². The third-order valence-corrected chi connectivity index (χ3v) is 7.13. The molecule has 2 saturated heterocycles. The Bertz CT molecular complexity index is 1470. The van der Waals surface area contributed by atoms with E-state index in [1.54, 1.807) is 0 Å². The van der Waals surface area contributed by atoms with Gasteiger partial charge in [-0.15, -0.1) is 0 Å². The number of hydrogen-bond donors (Lipinski definition) is 9. The molecule has 2 aliphatic rings. The highest BCUT2D eigenvalue weighted by Crippen LogP contribution is 2.45. The fourth-order valence-corrected chi connectivity index (χ4v) is 4.90. The number of aromatic hydroxyl groups is 3. The van der Waals surface area contributed by atoms with E-state index < -0.39 is 89.6 Å². The lowest BCUT2D eigenvalue weighted by atomic mass is 9.89. The molecule has 0 spiro atoms. The smallest absolute Gasteiger partial charge is 0.204 e. The number of ether oxygens (including phenoxy) is 4. The Morgan fingerprint density at radius 2 is 1.57 bits per heavy atom. The van der Waals surface area contributed by atoms with Crippen molar-refractivity contribution < 1.29 is 69.3 Å². The minimum absolute atomic E-state index is 0.0438. The highest BCUT2D eigenvalue weighted by Gasteiger charge is 2.47. The van der Waals surface area contributed by atoms with Gasteiger partial charge in [0, 0.05) is 12.1 Å². The van der Waals surface area contributed by atoms with Gasteiger partial charge < -0.3 is 69.3 Å². The molecule has 1 aromatic heterocycles. The normalized spacial score (nSPS) is 32.9. The first-order valence-corrected chi connectivity index (χ1v) is 12.1. The summed E-state index contributed by atoms with van der Waals surface area (Å²) in [5.74, 6) is -1.90. The molecule has 3 heterocycles. The second kappa shape index (κ2) is 10.6. The number of phenols is 3. The van der Waals surface area contributed by atoms with E-state index in [1.165, 1.54) is 13.2 Å². The lowest BCUT2D eigenvalue weighted by molar-refractivity contribution is -0.292. The van der Waals surface area contributed by atoms with E-state index in [4.69, 9.17) is 23.4 Å². The minimum Gasteiger partial charge on any atom is -0.507 e. The van der Waals surface area contributed by atoms with Crippen LogP contribution in [0.5, 0.6) is 23.0 Å². The van der Waals surface area contributed by atoms with Crippen LogP contribution < -0.4 is 10.2 Å². The molecule has 2 aliphatic heterocycles. The molecule has 9 N–H and O–H groups in total. The second-order valence-corrected chi connectivity index (χ2v) is 9.63. The second-order valence-electron chi connectivity index (χ2n) is 9.63. The van der Waals surface area contributed by atoms with Gasteiger partial charge >= 0.3 is 0 Å². The summed E-state index contributed by atoms with van der Waals surface area (Å²) in [7, 11) is 1.27. The molecule has 0 aliphatic carbocycles. The lowest BCUT2D eigenvalue weighted by Crippen LogP contribution is -2.57. The van der Waals surface area contributed by atoms with Crippen LogP contribution >= 0.6 is 0 Å². The zero-order valence-electron chi connectivity index (χ0n) is 20.8. The van der Waals surface area contributed by atoms with E-state index in [1.807, 2.05) is 0 Å². The number of rotatable bonds is 5.